The normalized spacial score (nSPS) is 11.0. The maximum Gasteiger partial charge on any atom is 0.306 e. The number of rotatable bonds is 13. The first-order chi connectivity index (χ1) is 10.4. The SMILES string of the molecule is CC(C)COCCOC(=O)CCC(=O)OCCOCC(C)C. The maximum absolute atomic E-state index is 11.4. The molecule has 0 saturated heterocycles. The quantitative estimate of drug-likeness (QED) is 0.383. The monoisotopic (exact) mass is 318 g/mol. The third-order valence-electron chi connectivity index (χ3n) is 2.42. The summed E-state index contributed by atoms with van der Waals surface area (Å²) in [6.07, 6.45) is 0.0474. The predicted molar refractivity (Wildman–Crippen MR) is 82.5 cm³/mol. The molecule has 0 aliphatic rings. The lowest BCUT2D eigenvalue weighted by molar-refractivity contribution is -0.152. The van der Waals surface area contributed by atoms with Gasteiger partial charge < -0.3 is 18.9 Å². The highest BCUT2D eigenvalue weighted by Crippen LogP contribution is 1.98. The van der Waals surface area contributed by atoms with Gasteiger partial charge in [0.25, 0.3) is 0 Å². The van der Waals surface area contributed by atoms with Crippen molar-refractivity contribution < 1.29 is 28.5 Å². The van der Waals surface area contributed by atoms with Crippen molar-refractivity contribution in [1.82, 2.24) is 0 Å². The van der Waals surface area contributed by atoms with E-state index in [1.54, 1.807) is 0 Å². The molecule has 6 heteroatoms. The Labute approximate surface area is 133 Å². The van der Waals surface area contributed by atoms with Crippen molar-refractivity contribution >= 4 is 11.9 Å². The van der Waals surface area contributed by atoms with E-state index in [-0.39, 0.29) is 26.1 Å². The van der Waals surface area contributed by atoms with Gasteiger partial charge in [-0.1, -0.05) is 27.7 Å². The third kappa shape index (κ3) is 15.3. The number of ether oxygens (including phenoxy) is 4. The van der Waals surface area contributed by atoms with Gasteiger partial charge in [0.2, 0.25) is 0 Å². The summed E-state index contributed by atoms with van der Waals surface area (Å²) in [5.41, 5.74) is 0. The van der Waals surface area contributed by atoms with Crippen LogP contribution in [0.2, 0.25) is 0 Å². The minimum absolute atomic E-state index is 0.0237. The fourth-order valence-corrected chi connectivity index (χ4v) is 1.42. The van der Waals surface area contributed by atoms with E-state index in [9.17, 15) is 9.59 Å². The molecular formula is C16H30O6. The zero-order chi connectivity index (χ0) is 16.8. The Bertz CT molecular complexity index is 271. The molecule has 0 aliphatic heterocycles. The molecule has 0 rings (SSSR count). The third-order valence-corrected chi connectivity index (χ3v) is 2.42. The number of hydrogen-bond acceptors (Lipinski definition) is 6. The van der Waals surface area contributed by atoms with Gasteiger partial charge in [0.05, 0.1) is 26.1 Å². The highest BCUT2D eigenvalue weighted by Gasteiger charge is 2.09. The summed E-state index contributed by atoms with van der Waals surface area (Å²) in [5, 5.41) is 0. The summed E-state index contributed by atoms with van der Waals surface area (Å²) in [7, 11) is 0. The summed E-state index contributed by atoms with van der Waals surface area (Å²) in [5.74, 6) is 0.0762. The van der Waals surface area contributed by atoms with Crippen molar-refractivity contribution in [2.24, 2.45) is 11.8 Å². The molecule has 22 heavy (non-hydrogen) atoms. The first-order valence-electron chi connectivity index (χ1n) is 7.88. The number of carbonyl (C=O) groups excluding carboxylic acids is 2. The lowest BCUT2D eigenvalue weighted by Crippen LogP contribution is -2.16. The molecule has 0 saturated carbocycles. The van der Waals surface area contributed by atoms with Crippen molar-refractivity contribution in [2.45, 2.75) is 40.5 Å². The molecule has 0 atom stereocenters. The molecule has 130 valence electrons. The second-order valence-electron chi connectivity index (χ2n) is 5.88. The first kappa shape index (κ1) is 20.9. The Hall–Kier alpha value is -1.14. The van der Waals surface area contributed by atoms with Crippen molar-refractivity contribution in [3.8, 4) is 0 Å². The van der Waals surface area contributed by atoms with E-state index < -0.39 is 11.9 Å². The van der Waals surface area contributed by atoms with E-state index in [1.807, 2.05) is 27.7 Å². The minimum Gasteiger partial charge on any atom is -0.463 e. The van der Waals surface area contributed by atoms with Crippen molar-refractivity contribution in [1.29, 1.82) is 0 Å². The summed E-state index contributed by atoms with van der Waals surface area (Å²) >= 11 is 0. The first-order valence-corrected chi connectivity index (χ1v) is 7.88. The van der Waals surface area contributed by atoms with Gasteiger partial charge in [-0.15, -0.1) is 0 Å². The Morgan fingerprint density at radius 1 is 0.682 bits per heavy atom. The Morgan fingerprint density at radius 2 is 1.05 bits per heavy atom. The summed E-state index contributed by atoms with van der Waals surface area (Å²) < 4.78 is 20.5. The summed E-state index contributed by atoms with van der Waals surface area (Å²) in [4.78, 5) is 22.8. The molecular weight excluding hydrogens is 288 g/mol. The number of esters is 2. The lowest BCUT2D eigenvalue weighted by atomic mass is 10.2. The topological polar surface area (TPSA) is 71.1 Å². The van der Waals surface area contributed by atoms with Gasteiger partial charge in [-0.25, -0.2) is 0 Å². The van der Waals surface area contributed by atoms with Crippen molar-refractivity contribution in [3.63, 3.8) is 0 Å². The number of hydrogen-bond donors (Lipinski definition) is 0. The molecule has 0 fully saturated rings. The second kappa shape index (κ2) is 13.5. The van der Waals surface area contributed by atoms with Gasteiger partial charge in [0, 0.05) is 13.2 Å². The van der Waals surface area contributed by atoms with Crippen LogP contribution < -0.4 is 0 Å². The van der Waals surface area contributed by atoms with Crippen LogP contribution in [0.1, 0.15) is 40.5 Å². The maximum atomic E-state index is 11.4. The van der Waals surface area contributed by atoms with Crippen LogP contribution in [0.15, 0.2) is 0 Å². The van der Waals surface area contributed by atoms with Gasteiger partial charge in [-0.2, -0.15) is 0 Å². The van der Waals surface area contributed by atoms with Crippen LogP contribution in [0.3, 0.4) is 0 Å². The largest absolute Gasteiger partial charge is 0.463 e. The van der Waals surface area contributed by atoms with E-state index in [1.165, 1.54) is 0 Å². The van der Waals surface area contributed by atoms with Gasteiger partial charge in [-0.05, 0) is 11.8 Å². The van der Waals surface area contributed by atoms with Gasteiger partial charge in [0.15, 0.2) is 0 Å². The van der Waals surface area contributed by atoms with Crippen LogP contribution in [-0.4, -0.2) is 51.6 Å². The Kier molecular flexibility index (Phi) is 12.8. The molecule has 0 aromatic rings. The van der Waals surface area contributed by atoms with Crippen molar-refractivity contribution in [2.75, 3.05) is 39.6 Å². The van der Waals surface area contributed by atoms with Crippen LogP contribution in [0.5, 0.6) is 0 Å². The van der Waals surface area contributed by atoms with Gasteiger partial charge in [0.1, 0.15) is 13.2 Å². The van der Waals surface area contributed by atoms with Crippen molar-refractivity contribution in [3.05, 3.63) is 0 Å². The summed E-state index contributed by atoms with van der Waals surface area (Å²) in [6.45, 7) is 10.6. The molecule has 0 bridgehead atoms. The van der Waals surface area contributed by atoms with Gasteiger partial charge >= 0.3 is 11.9 Å². The van der Waals surface area contributed by atoms with E-state index in [0.29, 0.717) is 38.3 Å². The van der Waals surface area contributed by atoms with E-state index in [2.05, 4.69) is 0 Å². The van der Waals surface area contributed by atoms with Crippen LogP contribution >= 0.6 is 0 Å². The highest BCUT2D eigenvalue weighted by atomic mass is 16.6. The zero-order valence-electron chi connectivity index (χ0n) is 14.3. The van der Waals surface area contributed by atoms with Gasteiger partial charge in [-0.3, -0.25) is 9.59 Å². The highest BCUT2D eigenvalue weighted by molar-refractivity contribution is 5.77. The van der Waals surface area contributed by atoms with Crippen LogP contribution in [0.4, 0.5) is 0 Å². The second-order valence-corrected chi connectivity index (χ2v) is 5.88. The average Bonchev–Trinajstić information content (AvgIpc) is 2.43. The fraction of sp³-hybridized carbons (Fsp3) is 0.875. The Balaban J connectivity index is 3.43. The molecule has 0 spiro atoms. The summed E-state index contributed by atoms with van der Waals surface area (Å²) in [6, 6.07) is 0. The number of carbonyl (C=O) groups is 2. The van der Waals surface area contributed by atoms with Crippen LogP contribution in [0.25, 0.3) is 0 Å². The molecule has 0 radical (unpaired) electrons. The lowest BCUT2D eigenvalue weighted by Gasteiger charge is -2.08. The van der Waals surface area contributed by atoms with E-state index in [0.717, 1.165) is 0 Å². The molecule has 0 aliphatic carbocycles. The zero-order valence-corrected chi connectivity index (χ0v) is 14.3. The van der Waals surface area contributed by atoms with Crippen LogP contribution in [-0.2, 0) is 28.5 Å². The molecule has 0 N–H and O–H groups in total. The fourth-order valence-electron chi connectivity index (χ4n) is 1.42. The molecule has 0 heterocycles. The minimum atomic E-state index is -0.416. The Morgan fingerprint density at radius 3 is 1.36 bits per heavy atom. The molecule has 6 nitrogen and oxygen atoms in total. The molecule has 0 aromatic carbocycles. The van der Waals surface area contributed by atoms with Crippen LogP contribution in [0, 0.1) is 11.8 Å². The smallest absolute Gasteiger partial charge is 0.306 e. The van der Waals surface area contributed by atoms with E-state index >= 15 is 0 Å². The average molecular weight is 318 g/mol. The molecule has 0 unspecified atom stereocenters. The molecule has 0 aromatic heterocycles. The van der Waals surface area contributed by atoms with E-state index in [4.69, 9.17) is 18.9 Å². The standard InChI is InChI=1S/C16H30O6/c1-13(2)11-19-7-9-21-15(17)5-6-16(18)22-10-8-20-12-14(3)4/h13-14H,5-12H2,1-4H3. The molecule has 0 amide bonds. The predicted octanol–water partition coefficient (Wildman–Crippen LogP) is 2.20.